The Bertz CT molecular complexity index is 771. The van der Waals surface area contributed by atoms with Crippen LogP contribution in [-0.2, 0) is 4.79 Å². The average molecular weight is 359 g/mol. The van der Waals surface area contributed by atoms with Crippen molar-refractivity contribution in [1.29, 1.82) is 0 Å². The molecular formula is C16H14ClF3N2O2. The molecule has 0 fully saturated rings. The highest BCUT2D eigenvalue weighted by Crippen LogP contribution is 2.27. The zero-order valence-corrected chi connectivity index (χ0v) is 13.5. The minimum atomic E-state index is -1.64. The molecule has 0 bridgehead atoms. The largest absolute Gasteiger partial charge is 0.495 e. The molecule has 0 saturated carbocycles. The molecule has 1 amide bonds. The molecule has 0 aliphatic rings. The monoisotopic (exact) mass is 358 g/mol. The summed E-state index contributed by atoms with van der Waals surface area (Å²) in [5.74, 6) is -4.59. The Labute approximate surface area is 141 Å². The van der Waals surface area contributed by atoms with E-state index in [1.165, 1.54) is 14.0 Å². The van der Waals surface area contributed by atoms with E-state index in [1.807, 2.05) is 0 Å². The molecule has 0 aliphatic carbocycles. The van der Waals surface area contributed by atoms with Crippen molar-refractivity contribution in [1.82, 2.24) is 0 Å². The summed E-state index contributed by atoms with van der Waals surface area (Å²) in [7, 11) is 1.47. The molecule has 2 aromatic carbocycles. The summed E-state index contributed by atoms with van der Waals surface area (Å²) in [6.07, 6.45) is 0. The second-order valence-corrected chi connectivity index (χ2v) is 5.33. The van der Waals surface area contributed by atoms with Gasteiger partial charge in [-0.25, -0.2) is 13.2 Å². The van der Waals surface area contributed by atoms with E-state index in [0.717, 1.165) is 12.1 Å². The molecule has 24 heavy (non-hydrogen) atoms. The maximum Gasteiger partial charge on any atom is 0.246 e. The molecule has 0 saturated heterocycles. The number of methoxy groups -OCH3 is 1. The average Bonchev–Trinajstić information content (AvgIpc) is 2.55. The summed E-state index contributed by atoms with van der Waals surface area (Å²) >= 11 is 5.98. The van der Waals surface area contributed by atoms with Gasteiger partial charge < -0.3 is 15.4 Å². The molecule has 2 aromatic rings. The molecule has 0 aromatic heterocycles. The van der Waals surface area contributed by atoms with Gasteiger partial charge in [0.05, 0.1) is 17.8 Å². The SMILES string of the molecule is COc1ccc(N[C@@H](C)C(=O)Nc2ccc(F)c(F)c2F)cc1Cl. The Morgan fingerprint density at radius 3 is 2.50 bits per heavy atom. The molecule has 1 atom stereocenters. The fourth-order valence-corrected chi connectivity index (χ4v) is 2.19. The van der Waals surface area contributed by atoms with Crippen LogP contribution in [-0.4, -0.2) is 19.1 Å². The Balaban J connectivity index is 2.07. The van der Waals surface area contributed by atoms with E-state index < -0.39 is 35.1 Å². The van der Waals surface area contributed by atoms with Gasteiger partial charge in [-0.1, -0.05) is 11.6 Å². The summed E-state index contributed by atoms with van der Waals surface area (Å²) in [5.41, 5.74) is 0.0921. The molecule has 0 radical (unpaired) electrons. The topological polar surface area (TPSA) is 50.4 Å². The van der Waals surface area contributed by atoms with Gasteiger partial charge in [-0.15, -0.1) is 0 Å². The standard InChI is InChI=1S/C16H14ClF3N2O2/c1-8(21-9-3-6-13(24-2)10(17)7-9)16(23)22-12-5-4-11(18)14(19)15(12)20/h3-8,21H,1-2H3,(H,22,23)/t8-/m0/s1. The number of ether oxygens (including phenoxy) is 1. The Hall–Kier alpha value is -2.41. The number of anilines is 2. The van der Waals surface area contributed by atoms with E-state index in [2.05, 4.69) is 10.6 Å². The molecular weight excluding hydrogens is 345 g/mol. The van der Waals surface area contributed by atoms with Crippen LogP contribution in [0.3, 0.4) is 0 Å². The van der Waals surface area contributed by atoms with Gasteiger partial charge in [0.25, 0.3) is 0 Å². The van der Waals surface area contributed by atoms with Crippen molar-refractivity contribution in [3.05, 3.63) is 52.8 Å². The Morgan fingerprint density at radius 1 is 1.17 bits per heavy atom. The molecule has 2 rings (SSSR count). The molecule has 4 nitrogen and oxygen atoms in total. The van der Waals surface area contributed by atoms with Crippen LogP contribution in [0, 0.1) is 17.5 Å². The van der Waals surface area contributed by atoms with E-state index in [-0.39, 0.29) is 0 Å². The van der Waals surface area contributed by atoms with Gasteiger partial charge in [0.1, 0.15) is 11.8 Å². The van der Waals surface area contributed by atoms with Crippen LogP contribution < -0.4 is 15.4 Å². The smallest absolute Gasteiger partial charge is 0.246 e. The van der Waals surface area contributed by atoms with Crippen LogP contribution in [0.1, 0.15) is 6.92 Å². The molecule has 0 spiro atoms. The maximum atomic E-state index is 13.6. The summed E-state index contributed by atoms with van der Waals surface area (Å²) in [4.78, 5) is 12.1. The predicted molar refractivity (Wildman–Crippen MR) is 86.0 cm³/mol. The number of amides is 1. The first-order valence-corrected chi connectivity index (χ1v) is 7.25. The van der Waals surface area contributed by atoms with Crippen molar-refractivity contribution < 1.29 is 22.7 Å². The van der Waals surface area contributed by atoms with Crippen LogP contribution in [0.4, 0.5) is 24.5 Å². The van der Waals surface area contributed by atoms with Crippen LogP contribution >= 0.6 is 11.6 Å². The third kappa shape index (κ3) is 3.91. The number of carbonyl (C=O) groups excluding carboxylic acids is 1. The second kappa shape index (κ2) is 7.44. The van der Waals surface area contributed by atoms with E-state index in [9.17, 15) is 18.0 Å². The quantitative estimate of drug-likeness (QED) is 0.787. The van der Waals surface area contributed by atoms with Gasteiger partial charge >= 0.3 is 0 Å². The zero-order valence-electron chi connectivity index (χ0n) is 12.8. The number of hydrogen-bond acceptors (Lipinski definition) is 3. The number of nitrogens with one attached hydrogen (secondary N) is 2. The van der Waals surface area contributed by atoms with Gasteiger partial charge in [0.15, 0.2) is 17.5 Å². The fourth-order valence-electron chi connectivity index (χ4n) is 1.94. The lowest BCUT2D eigenvalue weighted by molar-refractivity contribution is -0.116. The number of halogens is 4. The van der Waals surface area contributed by atoms with Crippen molar-refractivity contribution >= 4 is 28.9 Å². The van der Waals surface area contributed by atoms with Gasteiger partial charge in [-0.3, -0.25) is 4.79 Å². The summed E-state index contributed by atoms with van der Waals surface area (Å²) in [6.45, 7) is 1.52. The van der Waals surface area contributed by atoms with E-state index in [0.29, 0.717) is 16.5 Å². The third-order valence-corrected chi connectivity index (χ3v) is 3.52. The van der Waals surface area contributed by atoms with Gasteiger partial charge in [-0.05, 0) is 37.3 Å². The third-order valence-electron chi connectivity index (χ3n) is 3.22. The van der Waals surface area contributed by atoms with Gasteiger partial charge in [-0.2, -0.15) is 0 Å². The van der Waals surface area contributed by atoms with Crippen LogP contribution in [0.5, 0.6) is 5.75 Å². The van der Waals surface area contributed by atoms with E-state index >= 15 is 0 Å². The Morgan fingerprint density at radius 2 is 1.88 bits per heavy atom. The summed E-state index contributed by atoms with van der Waals surface area (Å²) in [6, 6.07) is 5.71. The van der Waals surface area contributed by atoms with Crippen molar-refractivity contribution in [2.24, 2.45) is 0 Å². The number of hydrogen-bond donors (Lipinski definition) is 2. The highest BCUT2D eigenvalue weighted by atomic mass is 35.5. The van der Waals surface area contributed by atoms with Crippen LogP contribution in [0.2, 0.25) is 5.02 Å². The second-order valence-electron chi connectivity index (χ2n) is 4.93. The van der Waals surface area contributed by atoms with E-state index in [1.54, 1.807) is 18.2 Å². The predicted octanol–water partition coefficient (Wildman–Crippen LogP) is 4.21. The molecule has 0 unspecified atom stereocenters. The maximum absolute atomic E-state index is 13.6. The number of rotatable bonds is 5. The molecule has 0 aliphatic heterocycles. The lowest BCUT2D eigenvalue weighted by Crippen LogP contribution is -2.32. The number of carbonyl (C=O) groups is 1. The van der Waals surface area contributed by atoms with Crippen molar-refractivity contribution in [3.8, 4) is 5.75 Å². The van der Waals surface area contributed by atoms with Gasteiger partial charge in [0, 0.05) is 5.69 Å². The zero-order chi connectivity index (χ0) is 17.9. The molecule has 8 heteroatoms. The highest BCUT2D eigenvalue weighted by Gasteiger charge is 2.18. The lowest BCUT2D eigenvalue weighted by Gasteiger charge is -2.16. The summed E-state index contributed by atoms with van der Waals surface area (Å²) in [5, 5.41) is 5.40. The van der Waals surface area contributed by atoms with Crippen LogP contribution in [0.25, 0.3) is 0 Å². The first-order chi connectivity index (χ1) is 11.3. The minimum Gasteiger partial charge on any atom is -0.495 e. The number of benzene rings is 2. The summed E-state index contributed by atoms with van der Waals surface area (Å²) < 4.78 is 44.6. The molecule has 0 heterocycles. The highest BCUT2D eigenvalue weighted by molar-refractivity contribution is 6.32. The molecule has 128 valence electrons. The van der Waals surface area contributed by atoms with Crippen molar-refractivity contribution in [3.63, 3.8) is 0 Å². The Kier molecular flexibility index (Phi) is 5.56. The minimum absolute atomic E-state index is 0.349. The van der Waals surface area contributed by atoms with Gasteiger partial charge in [0.2, 0.25) is 5.91 Å². The van der Waals surface area contributed by atoms with Crippen molar-refractivity contribution in [2.75, 3.05) is 17.7 Å². The van der Waals surface area contributed by atoms with Crippen LogP contribution in [0.15, 0.2) is 30.3 Å². The normalized spacial score (nSPS) is 11.8. The first-order valence-electron chi connectivity index (χ1n) is 6.88. The van der Waals surface area contributed by atoms with Crippen molar-refractivity contribution in [2.45, 2.75) is 13.0 Å². The first kappa shape index (κ1) is 17.9. The molecule has 2 N–H and O–H groups in total. The van der Waals surface area contributed by atoms with E-state index in [4.69, 9.17) is 16.3 Å². The lowest BCUT2D eigenvalue weighted by atomic mass is 10.2. The fraction of sp³-hybridized carbons (Fsp3) is 0.188.